The average Bonchev–Trinajstić information content (AvgIpc) is 2.95. The number of benzene rings is 1. The molecule has 0 saturated carbocycles. The first-order chi connectivity index (χ1) is 12.5. The largest absolute Gasteiger partial charge is 0.451 e. The molecule has 0 aliphatic rings. The van der Waals surface area contributed by atoms with Crippen LogP contribution in [0, 0.1) is 5.82 Å². The maximum Gasteiger partial charge on any atom is 0.350 e. The predicted molar refractivity (Wildman–Crippen MR) is 97.4 cm³/mol. The molecule has 0 spiro atoms. The van der Waals surface area contributed by atoms with Gasteiger partial charge in [-0.15, -0.1) is 11.3 Å². The molecule has 1 amide bonds. The molecule has 1 heterocycles. The number of rotatable bonds is 9. The molecule has 0 saturated heterocycles. The van der Waals surface area contributed by atoms with Crippen molar-refractivity contribution in [2.24, 2.45) is 0 Å². The molecule has 0 fully saturated rings. The summed E-state index contributed by atoms with van der Waals surface area (Å²) in [7, 11) is 3.07. The second-order valence-electron chi connectivity index (χ2n) is 5.33. The highest BCUT2D eigenvalue weighted by atomic mass is 35.5. The number of esters is 1. The summed E-state index contributed by atoms with van der Waals surface area (Å²) < 4.78 is 28.9. The lowest BCUT2D eigenvalue weighted by atomic mass is 10.2. The lowest BCUT2D eigenvalue weighted by molar-refractivity contribution is -0.135. The van der Waals surface area contributed by atoms with Crippen LogP contribution in [0.15, 0.2) is 18.2 Å². The summed E-state index contributed by atoms with van der Waals surface area (Å²) in [6.45, 7) is 1.01. The number of nitrogens with zero attached hydrogens (tertiary/aromatic N) is 1. The van der Waals surface area contributed by atoms with E-state index in [9.17, 15) is 14.0 Å². The third-order valence-corrected chi connectivity index (χ3v) is 5.22. The zero-order chi connectivity index (χ0) is 19.1. The van der Waals surface area contributed by atoms with Crippen molar-refractivity contribution in [3.63, 3.8) is 0 Å². The minimum Gasteiger partial charge on any atom is -0.451 e. The van der Waals surface area contributed by atoms with Gasteiger partial charge in [-0.05, 0) is 18.2 Å². The Labute approximate surface area is 159 Å². The number of hydrogen-bond donors (Lipinski definition) is 0. The molecule has 2 aromatic rings. The Hall–Kier alpha value is -1.74. The monoisotopic (exact) mass is 403 g/mol. The van der Waals surface area contributed by atoms with Crippen LogP contribution in [0.1, 0.15) is 9.67 Å². The van der Waals surface area contributed by atoms with Gasteiger partial charge in [-0.25, -0.2) is 9.18 Å². The molecular weight excluding hydrogens is 385 g/mol. The van der Waals surface area contributed by atoms with Gasteiger partial charge in [0.2, 0.25) is 0 Å². The Morgan fingerprint density at radius 3 is 2.46 bits per heavy atom. The number of ether oxygens (including phenoxy) is 3. The Morgan fingerprint density at radius 1 is 1.19 bits per heavy atom. The number of hydrogen-bond acceptors (Lipinski definition) is 6. The summed E-state index contributed by atoms with van der Waals surface area (Å²) in [6, 6.07) is 4.07. The number of carbonyl (C=O) groups is 2. The summed E-state index contributed by atoms with van der Waals surface area (Å²) in [5, 5.41) is 0.760. The van der Waals surface area contributed by atoms with Gasteiger partial charge in [0, 0.05) is 37.4 Å². The van der Waals surface area contributed by atoms with Crippen molar-refractivity contribution in [1.29, 1.82) is 0 Å². The molecule has 0 aliphatic carbocycles. The van der Waals surface area contributed by atoms with Crippen LogP contribution in [0.5, 0.6) is 0 Å². The molecule has 0 unspecified atom stereocenters. The van der Waals surface area contributed by atoms with E-state index in [0.717, 1.165) is 11.3 Å². The minimum absolute atomic E-state index is 0.139. The van der Waals surface area contributed by atoms with Crippen LogP contribution < -0.4 is 0 Å². The van der Waals surface area contributed by atoms with Crippen LogP contribution in [-0.4, -0.2) is 63.9 Å². The van der Waals surface area contributed by atoms with Crippen LogP contribution in [0.2, 0.25) is 5.02 Å². The van der Waals surface area contributed by atoms with Gasteiger partial charge in [0.25, 0.3) is 5.91 Å². The summed E-state index contributed by atoms with van der Waals surface area (Å²) in [5.74, 6) is -1.50. The number of thiophene rings is 1. The van der Waals surface area contributed by atoms with Crippen molar-refractivity contribution >= 4 is 44.9 Å². The fraction of sp³-hybridized carbons (Fsp3) is 0.412. The molecular formula is C17H19ClFNO5S. The van der Waals surface area contributed by atoms with Crippen molar-refractivity contribution in [2.75, 3.05) is 47.1 Å². The van der Waals surface area contributed by atoms with Crippen LogP contribution >= 0.6 is 22.9 Å². The molecule has 2 rings (SSSR count). The lowest BCUT2D eigenvalue weighted by Crippen LogP contribution is -2.39. The molecule has 0 N–H and O–H groups in total. The quantitative estimate of drug-likeness (QED) is 0.602. The number of halogens is 2. The summed E-state index contributed by atoms with van der Waals surface area (Å²) in [5.41, 5.74) is 0. The Kier molecular flexibility index (Phi) is 7.77. The number of fused-ring (bicyclic) bond motifs is 1. The average molecular weight is 404 g/mol. The first kappa shape index (κ1) is 20.6. The first-order valence-corrected chi connectivity index (χ1v) is 8.97. The standard InChI is InChI=1S/C17H19ClFNO5S/c1-23-7-5-20(6-8-24-2)14(21)10-25-17(22)16-15(18)12-4-3-11(19)9-13(12)26-16/h3-4,9H,5-8,10H2,1-2H3. The second kappa shape index (κ2) is 9.82. The van der Waals surface area contributed by atoms with E-state index in [-0.39, 0.29) is 15.8 Å². The topological polar surface area (TPSA) is 65.1 Å². The molecule has 0 aliphatic heterocycles. The molecule has 142 valence electrons. The van der Waals surface area contributed by atoms with E-state index in [1.54, 1.807) is 0 Å². The van der Waals surface area contributed by atoms with Crippen molar-refractivity contribution in [3.8, 4) is 0 Å². The van der Waals surface area contributed by atoms with E-state index >= 15 is 0 Å². The highest BCUT2D eigenvalue weighted by Gasteiger charge is 2.21. The maximum atomic E-state index is 13.3. The third-order valence-electron chi connectivity index (χ3n) is 3.59. The van der Waals surface area contributed by atoms with E-state index in [1.165, 1.54) is 37.3 Å². The fourth-order valence-electron chi connectivity index (χ4n) is 2.22. The molecule has 0 bridgehead atoms. The smallest absolute Gasteiger partial charge is 0.350 e. The fourth-order valence-corrected chi connectivity index (χ4v) is 3.65. The van der Waals surface area contributed by atoms with Crippen molar-refractivity contribution in [1.82, 2.24) is 4.90 Å². The van der Waals surface area contributed by atoms with Gasteiger partial charge >= 0.3 is 5.97 Å². The molecule has 1 aromatic heterocycles. The molecule has 0 radical (unpaired) electrons. The van der Waals surface area contributed by atoms with Gasteiger partial charge in [-0.3, -0.25) is 4.79 Å². The number of methoxy groups -OCH3 is 2. The third kappa shape index (κ3) is 5.14. The second-order valence-corrected chi connectivity index (χ2v) is 6.76. The van der Waals surface area contributed by atoms with Crippen molar-refractivity contribution in [3.05, 3.63) is 33.9 Å². The van der Waals surface area contributed by atoms with E-state index < -0.39 is 18.4 Å². The Bertz CT molecular complexity index is 774. The normalized spacial score (nSPS) is 10.9. The molecule has 1 aromatic carbocycles. The van der Waals surface area contributed by atoms with Crippen LogP contribution in [0.4, 0.5) is 4.39 Å². The van der Waals surface area contributed by atoms with Gasteiger partial charge < -0.3 is 19.1 Å². The van der Waals surface area contributed by atoms with Gasteiger partial charge in [0.1, 0.15) is 10.7 Å². The zero-order valence-corrected chi connectivity index (χ0v) is 16.0. The highest BCUT2D eigenvalue weighted by molar-refractivity contribution is 7.21. The van der Waals surface area contributed by atoms with Gasteiger partial charge in [0.05, 0.1) is 18.2 Å². The van der Waals surface area contributed by atoms with Crippen LogP contribution in [-0.2, 0) is 19.0 Å². The van der Waals surface area contributed by atoms with E-state index in [4.69, 9.17) is 25.8 Å². The van der Waals surface area contributed by atoms with E-state index in [2.05, 4.69) is 0 Å². The number of carbonyl (C=O) groups excluding carboxylic acids is 2. The van der Waals surface area contributed by atoms with Gasteiger partial charge in [-0.2, -0.15) is 0 Å². The van der Waals surface area contributed by atoms with Crippen molar-refractivity contribution < 1.29 is 28.2 Å². The summed E-state index contributed by atoms with van der Waals surface area (Å²) >= 11 is 7.20. The van der Waals surface area contributed by atoms with Crippen LogP contribution in [0.3, 0.4) is 0 Å². The molecule has 9 heteroatoms. The van der Waals surface area contributed by atoms with Crippen molar-refractivity contribution in [2.45, 2.75) is 0 Å². The number of amides is 1. The minimum atomic E-state index is -0.719. The van der Waals surface area contributed by atoms with Gasteiger partial charge in [0.15, 0.2) is 6.61 Å². The molecule has 6 nitrogen and oxygen atoms in total. The van der Waals surface area contributed by atoms with E-state index in [0.29, 0.717) is 36.4 Å². The maximum absolute atomic E-state index is 13.3. The highest BCUT2D eigenvalue weighted by Crippen LogP contribution is 2.36. The SMILES string of the molecule is COCCN(CCOC)C(=O)COC(=O)c1sc2cc(F)ccc2c1Cl. The molecule has 26 heavy (non-hydrogen) atoms. The van der Waals surface area contributed by atoms with Gasteiger partial charge in [-0.1, -0.05) is 11.6 Å². The summed E-state index contributed by atoms with van der Waals surface area (Å²) in [6.07, 6.45) is 0. The summed E-state index contributed by atoms with van der Waals surface area (Å²) in [4.78, 5) is 26.1. The zero-order valence-electron chi connectivity index (χ0n) is 14.4. The first-order valence-electron chi connectivity index (χ1n) is 7.78. The lowest BCUT2D eigenvalue weighted by Gasteiger charge is -2.21. The van der Waals surface area contributed by atoms with Crippen LogP contribution in [0.25, 0.3) is 10.1 Å². The Morgan fingerprint density at radius 2 is 1.85 bits per heavy atom. The predicted octanol–water partition coefficient (Wildman–Crippen LogP) is 2.97. The molecule has 0 atom stereocenters. The Balaban J connectivity index is 2.02. The van der Waals surface area contributed by atoms with E-state index in [1.807, 2.05) is 0 Å².